The van der Waals surface area contributed by atoms with Crippen molar-refractivity contribution in [2.24, 2.45) is 11.3 Å². The molecule has 2 heterocycles. The van der Waals surface area contributed by atoms with E-state index >= 15 is 0 Å². The Kier molecular flexibility index (Phi) is 4.47. The predicted octanol–water partition coefficient (Wildman–Crippen LogP) is 4.06. The van der Waals surface area contributed by atoms with Gasteiger partial charge in [-0.3, -0.25) is 4.79 Å². The summed E-state index contributed by atoms with van der Waals surface area (Å²) >= 11 is 1.49. The monoisotopic (exact) mass is 399 g/mol. The van der Waals surface area contributed by atoms with Crippen LogP contribution in [0.25, 0.3) is 21.3 Å². The van der Waals surface area contributed by atoms with Gasteiger partial charge in [-0.05, 0) is 42.9 Å². The topological polar surface area (TPSA) is 101 Å². The average molecular weight is 400 g/mol. The van der Waals surface area contributed by atoms with E-state index in [1.165, 1.54) is 18.4 Å². The molecule has 28 heavy (non-hydrogen) atoms. The number of nitrogens with one attached hydrogen (secondary N) is 1. The van der Waals surface area contributed by atoms with Crippen LogP contribution in [0, 0.1) is 11.3 Å². The van der Waals surface area contributed by atoms with E-state index in [0.717, 1.165) is 21.3 Å². The first-order chi connectivity index (χ1) is 13.2. The van der Waals surface area contributed by atoms with Crippen molar-refractivity contribution in [3.05, 3.63) is 35.6 Å². The molecule has 0 spiro atoms. The number of H-pyrrole nitrogens is 1. The minimum atomic E-state index is -1.05. The molecule has 3 aromatic rings. The zero-order valence-corrected chi connectivity index (χ0v) is 17.1. The maximum Gasteiger partial charge on any atom is 0.309 e. The summed E-state index contributed by atoms with van der Waals surface area (Å²) in [6.45, 7) is 4.02. The highest BCUT2D eigenvalue weighted by Crippen LogP contribution is 2.51. The first-order valence-electron chi connectivity index (χ1n) is 9.37. The first kappa shape index (κ1) is 19.0. The van der Waals surface area contributed by atoms with Gasteiger partial charge in [-0.1, -0.05) is 13.8 Å². The van der Waals surface area contributed by atoms with E-state index in [9.17, 15) is 9.90 Å². The molecule has 1 saturated carbocycles. The van der Waals surface area contributed by atoms with Gasteiger partial charge in [0.1, 0.15) is 10.6 Å². The van der Waals surface area contributed by atoms with E-state index in [1.54, 1.807) is 6.20 Å². The van der Waals surface area contributed by atoms with Crippen molar-refractivity contribution in [2.45, 2.75) is 38.7 Å². The van der Waals surface area contributed by atoms with Gasteiger partial charge in [0.2, 0.25) is 0 Å². The number of nitrogens with zero attached hydrogens (tertiary/aromatic N) is 1. The molecule has 0 radical (unpaired) electrons. The van der Waals surface area contributed by atoms with Gasteiger partial charge in [0, 0.05) is 34.5 Å². The number of aromatic amines is 1. The third-order valence-electron chi connectivity index (χ3n) is 5.88. The molecule has 2 atom stereocenters. The number of esters is 1. The number of aromatic nitrogens is 2. The normalized spacial score (nSPS) is 24.4. The number of nitrogens with two attached hydrogens (primary N) is 1. The Morgan fingerprint density at radius 2 is 2.21 bits per heavy atom. The summed E-state index contributed by atoms with van der Waals surface area (Å²) in [5, 5.41) is 13.2. The zero-order valence-electron chi connectivity index (χ0n) is 16.3. The van der Waals surface area contributed by atoms with E-state index in [0.29, 0.717) is 30.0 Å². The number of carbonyl (C=O) groups excluding carboxylic acids is 1. The fraction of sp³-hybridized carbons (Fsp3) is 0.429. The molecule has 1 aliphatic rings. The standard InChI is InChI=1S/C21H25N3O3S/c1-20(2)11-21(26,6-4-15(20)18(25)27-3)19-24-10-17(28-19)14-8-12(22)9-16-13(14)5-7-23-16/h5,7-10,15,23,26H,4,6,11,22H2,1-3H3/t15-,21-/m1/s1. The highest BCUT2D eigenvalue weighted by atomic mass is 32.1. The summed E-state index contributed by atoms with van der Waals surface area (Å²) in [6.07, 6.45) is 5.21. The van der Waals surface area contributed by atoms with Gasteiger partial charge in [-0.25, -0.2) is 4.98 Å². The molecule has 0 saturated heterocycles. The van der Waals surface area contributed by atoms with Crippen molar-refractivity contribution in [2.75, 3.05) is 12.8 Å². The van der Waals surface area contributed by atoms with Crippen LogP contribution in [0.1, 0.15) is 38.1 Å². The lowest BCUT2D eigenvalue weighted by Crippen LogP contribution is -2.45. The Hall–Kier alpha value is -2.38. The molecule has 7 heteroatoms. The zero-order chi connectivity index (χ0) is 20.1. The van der Waals surface area contributed by atoms with Gasteiger partial charge in [-0.2, -0.15) is 0 Å². The van der Waals surface area contributed by atoms with Crippen LogP contribution in [0.3, 0.4) is 0 Å². The van der Waals surface area contributed by atoms with Gasteiger partial charge < -0.3 is 20.6 Å². The van der Waals surface area contributed by atoms with E-state index in [4.69, 9.17) is 10.5 Å². The van der Waals surface area contributed by atoms with E-state index < -0.39 is 5.60 Å². The molecule has 6 nitrogen and oxygen atoms in total. The quantitative estimate of drug-likeness (QED) is 0.455. The molecule has 4 rings (SSSR count). The van der Waals surface area contributed by atoms with Crippen molar-refractivity contribution >= 4 is 33.9 Å². The second-order valence-corrected chi connectivity index (χ2v) is 9.38. The van der Waals surface area contributed by atoms with Gasteiger partial charge in [-0.15, -0.1) is 11.3 Å². The van der Waals surface area contributed by atoms with Crippen LogP contribution in [0.5, 0.6) is 0 Å². The molecule has 1 aromatic carbocycles. The molecule has 1 aliphatic carbocycles. The Labute approximate surface area is 167 Å². The molecule has 0 aliphatic heterocycles. The lowest BCUT2D eigenvalue weighted by Gasteiger charge is -2.44. The molecule has 2 aromatic heterocycles. The van der Waals surface area contributed by atoms with Gasteiger partial charge in [0.15, 0.2) is 0 Å². The van der Waals surface area contributed by atoms with Crippen molar-refractivity contribution < 1.29 is 14.6 Å². The van der Waals surface area contributed by atoms with Crippen molar-refractivity contribution in [3.63, 3.8) is 0 Å². The summed E-state index contributed by atoms with van der Waals surface area (Å²) in [4.78, 5) is 20.8. The smallest absolute Gasteiger partial charge is 0.309 e. The average Bonchev–Trinajstić information content (AvgIpc) is 3.29. The number of hydrogen-bond acceptors (Lipinski definition) is 6. The van der Waals surface area contributed by atoms with E-state index in [1.807, 2.05) is 38.2 Å². The van der Waals surface area contributed by atoms with Crippen LogP contribution in [0.15, 0.2) is 30.6 Å². The number of hydrogen-bond donors (Lipinski definition) is 3. The molecule has 4 N–H and O–H groups in total. The van der Waals surface area contributed by atoms with Crippen LogP contribution >= 0.6 is 11.3 Å². The molecule has 0 unspecified atom stereocenters. The number of methoxy groups -OCH3 is 1. The van der Waals surface area contributed by atoms with Crippen LogP contribution in [-0.4, -0.2) is 28.2 Å². The van der Waals surface area contributed by atoms with Crippen LogP contribution in [-0.2, 0) is 15.1 Å². The number of thiazole rings is 1. The fourth-order valence-electron chi connectivity index (χ4n) is 4.51. The number of carbonyl (C=O) groups is 1. The lowest BCUT2D eigenvalue weighted by atomic mass is 9.63. The van der Waals surface area contributed by atoms with Gasteiger partial charge in [0.05, 0.1) is 17.9 Å². The van der Waals surface area contributed by atoms with E-state index in [2.05, 4.69) is 9.97 Å². The van der Waals surface area contributed by atoms with Crippen molar-refractivity contribution in [3.8, 4) is 10.4 Å². The minimum absolute atomic E-state index is 0.207. The number of ether oxygens (including phenoxy) is 1. The van der Waals surface area contributed by atoms with E-state index in [-0.39, 0.29) is 17.3 Å². The van der Waals surface area contributed by atoms with Crippen LogP contribution in [0.4, 0.5) is 5.69 Å². The SMILES string of the molecule is COC(=O)[C@H]1CC[C@](O)(c2ncc(-c3cc(N)cc4[nH]ccc34)s2)CC1(C)C. The summed E-state index contributed by atoms with van der Waals surface area (Å²) in [7, 11) is 1.42. The molecular weight excluding hydrogens is 374 g/mol. The van der Waals surface area contributed by atoms with Gasteiger partial charge >= 0.3 is 5.97 Å². The number of benzene rings is 1. The van der Waals surface area contributed by atoms with Crippen LogP contribution in [0.2, 0.25) is 0 Å². The Morgan fingerprint density at radius 1 is 1.43 bits per heavy atom. The summed E-state index contributed by atoms with van der Waals surface area (Å²) in [5.41, 5.74) is 7.30. The third-order valence-corrected chi connectivity index (χ3v) is 7.11. The number of aliphatic hydroxyl groups is 1. The third kappa shape index (κ3) is 3.08. The van der Waals surface area contributed by atoms with Crippen LogP contribution < -0.4 is 5.73 Å². The molecular formula is C21H25N3O3S. The molecule has 148 valence electrons. The second-order valence-electron chi connectivity index (χ2n) is 8.35. The minimum Gasteiger partial charge on any atom is -0.469 e. The summed E-state index contributed by atoms with van der Waals surface area (Å²) in [6, 6.07) is 5.86. The molecule has 1 fully saturated rings. The Bertz CT molecular complexity index is 1040. The predicted molar refractivity (Wildman–Crippen MR) is 111 cm³/mol. The number of nitrogen functional groups attached to an aromatic ring is 1. The fourth-order valence-corrected chi connectivity index (χ4v) is 5.57. The maximum absolute atomic E-state index is 12.1. The highest BCUT2D eigenvalue weighted by Gasteiger charge is 2.49. The lowest BCUT2D eigenvalue weighted by molar-refractivity contribution is -0.157. The molecule has 0 bridgehead atoms. The number of fused-ring (bicyclic) bond motifs is 1. The molecule has 0 amide bonds. The highest BCUT2D eigenvalue weighted by molar-refractivity contribution is 7.15. The Balaban J connectivity index is 1.68. The second kappa shape index (κ2) is 6.60. The first-order valence-corrected chi connectivity index (χ1v) is 10.2. The maximum atomic E-state index is 12.1. The van der Waals surface area contributed by atoms with Crippen molar-refractivity contribution in [1.29, 1.82) is 0 Å². The summed E-state index contributed by atoms with van der Waals surface area (Å²) in [5.74, 6) is -0.424. The Morgan fingerprint density at radius 3 is 2.93 bits per heavy atom. The number of anilines is 1. The summed E-state index contributed by atoms with van der Waals surface area (Å²) < 4.78 is 4.96. The largest absolute Gasteiger partial charge is 0.469 e. The van der Waals surface area contributed by atoms with Crippen molar-refractivity contribution in [1.82, 2.24) is 9.97 Å². The van der Waals surface area contributed by atoms with Gasteiger partial charge in [0.25, 0.3) is 0 Å². The number of rotatable bonds is 3.